The molecule has 0 aliphatic carbocycles. The summed E-state index contributed by atoms with van der Waals surface area (Å²) in [6, 6.07) is 9.69. The van der Waals surface area contributed by atoms with Gasteiger partial charge in [0.2, 0.25) is 0 Å². The standard InChI is InChI=1S/C19H15F2NO3S/c1-3-26-17-16(11-4-7-13(25-2)8-5-11)18(23)22(19(17)24)12-6-9-14(20)15(21)10-12/h4-10H,3H2,1-2H3. The number of ether oxygens (including phenoxy) is 1. The van der Waals surface area contributed by atoms with Gasteiger partial charge in [-0.1, -0.05) is 19.1 Å². The highest BCUT2D eigenvalue weighted by Crippen LogP contribution is 2.38. The largest absolute Gasteiger partial charge is 0.497 e. The lowest BCUT2D eigenvalue weighted by Gasteiger charge is -2.15. The van der Waals surface area contributed by atoms with Crippen molar-refractivity contribution in [2.75, 3.05) is 17.8 Å². The van der Waals surface area contributed by atoms with Crippen LogP contribution in [-0.4, -0.2) is 24.7 Å². The minimum atomic E-state index is -1.12. The van der Waals surface area contributed by atoms with Crippen molar-refractivity contribution >= 4 is 34.8 Å². The van der Waals surface area contributed by atoms with Crippen LogP contribution in [0.25, 0.3) is 5.57 Å². The summed E-state index contributed by atoms with van der Waals surface area (Å²) in [4.78, 5) is 26.9. The van der Waals surface area contributed by atoms with Gasteiger partial charge in [0.15, 0.2) is 11.6 Å². The number of rotatable bonds is 5. The summed E-state index contributed by atoms with van der Waals surface area (Å²) in [5, 5.41) is 0. The lowest BCUT2D eigenvalue weighted by Crippen LogP contribution is -2.31. The number of carbonyl (C=O) groups is 2. The van der Waals surface area contributed by atoms with Crippen LogP contribution in [0, 0.1) is 11.6 Å². The van der Waals surface area contributed by atoms with Crippen LogP contribution in [0.5, 0.6) is 5.75 Å². The summed E-state index contributed by atoms with van der Waals surface area (Å²) in [5.41, 5.74) is 0.802. The second-order valence-corrected chi connectivity index (χ2v) is 6.68. The number of carbonyl (C=O) groups excluding carboxylic acids is 2. The Kier molecular flexibility index (Phi) is 5.08. The van der Waals surface area contributed by atoms with Gasteiger partial charge in [-0.3, -0.25) is 9.59 Å². The van der Waals surface area contributed by atoms with E-state index in [2.05, 4.69) is 0 Å². The summed E-state index contributed by atoms with van der Waals surface area (Å²) in [6.07, 6.45) is 0. The molecule has 0 atom stereocenters. The molecular formula is C19H15F2NO3S. The lowest BCUT2D eigenvalue weighted by atomic mass is 10.1. The number of amides is 2. The van der Waals surface area contributed by atoms with E-state index in [0.29, 0.717) is 17.1 Å². The summed E-state index contributed by atoms with van der Waals surface area (Å²) in [6.45, 7) is 1.86. The molecule has 2 aromatic carbocycles. The Bertz CT molecular complexity index is 910. The molecule has 2 aromatic rings. The highest BCUT2D eigenvalue weighted by molar-refractivity contribution is 8.04. The highest BCUT2D eigenvalue weighted by Gasteiger charge is 2.40. The minimum Gasteiger partial charge on any atom is -0.497 e. The molecule has 0 aromatic heterocycles. The lowest BCUT2D eigenvalue weighted by molar-refractivity contribution is -0.119. The van der Waals surface area contributed by atoms with Crippen molar-refractivity contribution in [3.8, 4) is 5.75 Å². The van der Waals surface area contributed by atoms with Crippen LogP contribution < -0.4 is 9.64 Å². The Morgan fingerprint density at radius 3 is 2.27 bits per heavy atom. The third-order valence-electron chi connectivity index (χ3n) is 3.87. The number of imide groups is 1. The van der Waals surface area contributed by atoms with E-state index < -0.39 is 23.4 Å². The number of hydrogen-bond donors (Lipinski definition) is 0. The molecule has 3 rings (SSSR count). The smallest absolute Gasteiger partial charge is 0.272 e. The molecule has 0 fully saturated rings. The Hall–Kier alpha value is -2.67. The molecule has 4 nitrogen and oxygen atoms in total. The van der Waals surface area contributed by atoms with E-state index in [-0.39, 0.29) is 16.2 Å². The quantitative estimate of drug-likeness (QED) is 0.741. The SMILES string of the molecule is CCSC1=C(c2ccc(OC)cc2)C(=O)N(c2ccc(F)c(F)c2)C1=O. The Morgan fingerprint density at radius 1 is 1.00 bits per heavy atom. The second-order valence-electron chi connectivity index (χ2n) is 5.41. The second kappa shape index (κ2) is 7.29. The molecule has 26 heavy (non-hydrogen) atoms. The molecule has 1 heterocycles. The van der Waals surface area contributed by atoms with Gasteiger partial charge in [0.1, 0.15) is 5.75 Å². The average Bonchev–Trinajstić information content (AvgIpc) is 2.88. The number of hydrogen-bond acceptors (Lipinski definition) is 4. The Balaban J connectivity index is 2.07. The number of nitrogens with zero attached hydrogens (tertiary/aromatic N) is 1. The molecule has 1 aliphatic rings. The van der Waals surface area contributed by atoms with Gasteiger partial charge in [-0.2, -0.15) is 0 Å². The molecule has 0 spiro atoms. The average molecular weight is 375 g/mol. The van der Waals surface area contributed by atoms with Crippen LogP contribution in [0.4, 0.5) is 14.5 Å². The fraction of sp³-hybridized carbons (Fsp3) is 0.158. The van der Waals surface area contributed by atoms with Gasteiger partial charge in [-0.25, -0.2) is 13.7 Å². The van der Waals surface area contributed by atoms with E-state index >= 15 is 0 Å². The van der Waals surface area contributed by atoms with Crippen molar-refractivity contribution in [3.05, 3.63) is 64.6 Å². The van der Waals surface area contributed by atoms with Crippen LogP contribution >= 0.6 is 11.8 Å². The first-order chi connectivity index (χ1) is 12.5. The number of methoxy groups -OCH3 is 1. The van der Waals surface area contributed by atoms with E-state index in [9.17, 15) is 18.4 Å². The normalized spacial score (nSPS) is 14.4. The minimum absolute atomic E-state index is 0.00313. The molecule has 0 unspecified atom stereocenters. The molecule has 134 valence electrons. The van der Waals surface area contributed by atoms with Crippen LogP contribution in [-0.2, 0) is 9.59 Å². The maximum atomic E-state index is 13.6. The Labute approximate surface area is 153 Å². The fourth-order valence-corrected chi connectivity index (χ4v) is 3.51. The summed E-state index contributed by atoms with van der Waals surface area (Å²) in [7, 11) is 1.53. The van der Waals surface area contributed by atoms with Crippen molar-refractivity contribution < 1.29 is 23.1 Å². The first kappa shape index (κ1) is 18.1. The van der Waals surface area contributed by atoms with Gasteiger partial charge < -0.3 is 4.74 Å². The molecule has 2 amide bonds. The Morgan fingerprint density at radius 2 is 1.69 bits per heavy atom. The van der Waals surface area contributed by atoms with E-state index in [4.69, 9.17) is 4.74 Å². The van der Waals surface area contributed by atoms with E-state index in [1.807, 2.05) is 6.92 Å². The number of thioether (sulfide) groups is 1. The molecule has 0 N–H and O–H groups in total. The molecule has 0 saturated heterocycles. The molecule has 0 saturated carbocycles. The van der Waals surface area contributed by atoms with Crippen molar-refractivity contribution in [2.24, 2.45) is 0 Å². The topological polar surface area (TPSA) is 46.6 Å². The van der Waals surface area contributed by atoms with Gasteiger partial charge in [-0.15, -0.1) is 11.8 Å². The van der Waals surface area contributed by atoms with Gasteiger partial charge >= 0.3 is 0 Å². The maximum Gasteiger partial charge on any atom is 0.272 e. The summed E-state index contributed by atoms with van der Waals surface area (Å²) < 4.78 is 31.9. The van der Waals surface area contributed by atoms with Crippen molar-refractivity contribution in [1.82, 2.24) is 0 Å². The third-order valence-corrected chi connectivity index (χ3v) is 4.83. The number of anilines is 1. The van der Waals surface area contributed by atoms with Crippen LogP contribution in [0.15, 0.2) is 47.4 Å². The van der Waals surface area contributed by atoms with E-state index in [0.717, 1.165) is 17.0 Å². The predicted octanol–water partition coefficient (Wildman–Crippen LogP) is 4.01. The fourth-order valence-electron chi connectivity index (χ4n) is 2.66. The van der Waals surface area contributed by atoms with Gasteiger partial charge in [0.25, 0.3) is 11.8 Å². The van der Waals surface area contributed by atoms with Crippen LogP contribution in [0.3, 0.4) is 0 Å². The zero-order valence-corrected chi connectivity index (χ0v) is 14.9. The van der Waals surface area contributed by atoms with Crippen molar-refractivity contribution in [2.45, 2.75) is 6.92 Å². The molecular weight excluding hydrogens is 360 g/mol. The van der Waals surface area contributed by atoms with Gasteiger partial charge in [0, 0.05) is 6.07 Å². The van der Waals surface area contributed by atoms with E-state index in [1.54, 1.807) is 24.3 Å². The van der Waals surface area contributed by atoms with Gasteiger partial charge in [-0.05, 0) is 35.6 Å². The predicted molar refractivity (Wildman–Crippen MR) is 96.9 cm³/mol. The monoisotopic (exact) mass is 375 g/mol. The first-order valence-electron chi connectivity index (χ1n) is 7.83. The molecule has 1 aliphatic heterocycles. The zero-order chi connectivity index (χ0) is 18.8. The highest BCUT2D eigenvalue weighted by atomic mass is 32.2. The first-order valence-corrected chi connectivity index (χ1v) is 8.81. The number of halogens is 2. The van der Waals surface area contributed by atoms with Crippen LogP contribution in [0.1, 0.15) is 12.5 Å². The third kappa shape index (κ3) is 3.10. The van der Waals surface area contributed by atoms with Crippen molar-refractivity contribution in [1.29, 1.82) is 0 Å². The summed E-state index contributed by atoms with van der Waals surface area (Å²) >= 11 is 1.24. The zero-order valence-electron chi connectivity index (χ0n) is 14.1. The molecule has 0 bridgehead atoms. The summed E-state index contributed by atoms with van der Waals surface area (Å²) in [5.74, 6) is -2.07. The molecule has 0 radical (unpaired) electrons. The number of benzene rings is 2. The van der Waals surface area contributed by atoms with Crippen molar-refractivity contribution in [3.63, 3.8) is 0 Å². The van der Waals surface area contributed by atoms with E-state index in [1.165, 1.54) is 24.9 Å². The van der Waals surface area contributed by atoms with Gasteiger partial charge in [0.05, 0.1) is 23.3 Å². The van der Waals surface area contributed by atoms with Crippen LogP contribution in [0.2, 0.25) is 0 Å². The molecule has 7 heteroatoms. The maximum absolute atomic E-state index is 13.6.